The Morgan fingerprint density at radius 2 is 1.70 bits per heavy atom. The molecule has 1 aliphatic heterocycles. The van der Waals surface area contributed by atoms with Crippen LogP contribution in [0.25, 0.3) is 0 Å². The summed E-state index contributed by atoms with van der Waals surface area (Å²) in [5.41, 5.74) is 1.10. The average molecular weight is 477 g/mol. The van der Waals surface area contributed by atoms with Gasteiger partial charge in [-0.05, 0) is 73.6 Å². The summed E-state index contributed by atoms with van der Waals surface area (Å²) >= 11 is 0. The van der Waals surface area contributed by atoms with Crippen LogP contribution in [-0.2, 0) is 14.8 Å². The van der Waals surface area contributed by atoms with Crippen LogP contribution in [0.1, 0.15) is 51.0 Å². The van der Waals surface area contributed by atoms with Crippen LogP contribution in [0.4, 0.5) is 4.39 Å². The molecule has 2 aromatic rings. The first kappa shape index (κ1) is 25.2. The molecule has 0 saturated carbocycles. The van der Waals surface area contributed by atoms with E-state index in [4.69, 9.17) is 4.74 Å². The molecule has 1 fully saturated rings. The molecule has 180 valence electrons. The monoisotopic (exact) mass is 476 g/mol. The van der Waals surface area contributed by atoms with Crippen LogP contribution >= 0.6 is 0 Å². The van der Waals surface area contributed by atoms with Crippen LogP contribution in [0.15, 0.2) is 53.4 Å². The summed E-state index contributed by atoms with van der Waals surface area (Å²) in [6.45, 7) is 5.88. The summed E-state index contributed by atoms with van der Waals surface area (Å²) in [7, 11) is -3.54. The molecule has 0 bridgehead atoms. The summed E-state index contributed by atoms with van der Waals surface area (Å²) in [4.78, 5) is 12.8. The third kappa shape index (κ3) is 7.01. The largest absolute Gasteiger partial charge is 0.494 e. The van der Waals surface area contributed by atoms with Gasteiger partial charge >= 0.3 is 0 Å². The number of nitrogens with zero attached hydrogens (tertiary/aromatic N) is 1. The number of unbranched alkanes of at least 4 members (excludes halogenated alkanes) is 1. The van der Waals surface area contributed by atoms with Crippen LogP contribution in [0.2, 0.25) is 0 Å². The zero-order valence-corrected chi connectivity index (χ0v) is 20.1. The van der Waals surface area contributed by atoms with Gasteiger partial charge in [0.2, 0.25) is 15.9 Å². The minimum atomic E-state index is -3.54. The van der Waals surface area contributed by atoms with E-state index >= 15 is 0 Å². The first-order valence-electron chi connectivity index (χ1n) is 11.5. The first-order valence-corrected chi connectivity index (χ1v) is 13.0. The van der Waals surface area contributed by atoms with Gasteiger partial charge in [-0.15, -0.1) is 0 Å². The smallest absolute Gasteiger partial charge is 0.243 e. The van der Waals surface area contributed by atoms with Crippen molar-refractivity contribution in [2.75, 3.05) is 26.2 Å². The van der Waals surface area contributed by atoms with E-state index < -0.39 is 10.0 Å². The van der Waals surface area contributed by atoms with Crippen molar-refractivity contribution in [3.05, 3.63) is 59.9 Å². The van der Waals surface area contributed by atoms with Gasteiger partial charge in [0, 0.05) is 25.6 Å². The number of piperidine rings is 1. The zero-order chi connectivity index (χ0) is 23.8. The van der Waals surface area contributed by atoms with E-state index in [2.05, 4.69) is 19.2 Å². The SMILES string of the molecule is CC(C)c1ccc(S(=O)(=O)N2CCC(C(=O)NCCCCOc3ccc(F)cc3)CC2)cc1. The Bertz CT molecular complexity index is 1000. The highest BCUT2D eigenvalue weighted by Gasteiger charge is 2.32. The lowest BCUT2D eigenvalue weighted by atomic mass is 9.97. The summed E-state index contributed by atoms with van der Waals surface area (Å²) < 4.78 is 45.8. The molecular weight excluding hydrogens is 443 g/mol. The lowest BCUT2D eigenvalue weighted by molar-refractivity contribution is -0.126. The number of rotatable bonds is 10. The molecule has 33 heavy (non-hydrogen) atoms. The van der Waals surface area contributed by atoms with Gasteiger partial charge in [0.15, 0.2) is 0 Å². The molecule has 1 N–H and O–H groups in total. The molecule has 6 nitrogen and oxygen atoms in total. The van der Waals surface area contributed by atoms with Crippen molar-refractivity contribution >= 4 is 15.9 Å². The van der Waals surface area contributed by atoms with Crippen LogP contribution in [0.3, 0.4) is 0 Å². The second kappa shape index (κ2) is 11.6. The van der Waals surface area contributed by atoms with Gasteiger partial charge in [-0.3, -0.25) is 4.79 Å². The van der Waals surface area contributed by atoms with Gasteiger partial charge in [0.05, 0.1) is 11.5 Å². The van der Waals surface area contributed by atoms with Crippen molar-refractivity contribution in [1.82, 2.24) is 9.62 Å². The standard InChI is InChI=1S/C25H33FN2O4S/c1-19(2)20-5-11-24(12-6-20)33(30,31)28-16-13-21(14-17-28)25(29)27-15-3-4-18-32-23-9-7-22(26)8-10-23/h5-12,19,21H,3-4,13-18H2,1-2H3,(H,27,29). The third-order valence-corrected chi connectivity index (χ3v) is 7.87. The van der Waals surface area contributed by atoms with Crippen LogP contribution in [-0.4, -0.2) is 44.9 Å². The topological polar surface area (TPSA) is 75.7 Å². The third-order valence-electron chi connectivity index (χ3n) is 5.96. The summed E-state index contributed by atoms with van der Waals surface area (Å²) in [5, 5.41) is 2.95. The fourth-order valence-corrected chi connectivity index (χ4v) is 5.31. The number of hydrogen-bond donors (Lipinski definition) is 1. The van der Waals surface area contributed by atoms with Crippen LogP contribution < -0.4 is 10.1 Å². The highest BCUT2D eigenvalue weighted by atomic mass is 32.2. The number of carbonyl (C=O) groups excluding carboxylic acids is 1. The highest BCUT2D eigenvalue weighted by Crippen LogP contribution is 2.25. The molecule has 0 atom stereocenters. The molecule has 2 aromatic carbocycles. The Kier molecular flexibility index (Phi) is 8.86. The van der Waals surface area contributed by atoms with E-state index in [1.165, 1.54) is 16.4 Å². The van der Waals surface area contributed by atoms with Crippen molar-refractivity contribution < 1.29 is 22.3 Å². The number of carbonyl (C=O) groups is 1. The molecule has 0 unspecified atom stereocenters. The Hall–Kier alpha value is -2.45. The minimum Gasteiger partial charge on any atom is -0.494 e. The van der Waals surface area contributed by atoms with Crippen molar-refractivity contribution in [3.8, 4) is 5.75 Å². The van der Waals surface area contributed by atoms with Gasteiger partial charge in [-0.25, -0.2) is 12.8 Å². The molecule has 3 rings (SSSR count). The fraction of sp³-hybridized carbons (Fsp3) is 0.480. The van der Waals surface area contributed by atoms with E-state index in [1.54, 1.807) is 24.3 Å². The maximum absolute atomic E-state index is 12.9. The van der Waals surface area contributed by atoms with Gasteiger partial charge in [-0.2, -0.15) is 4.31 Å². The number of sulfonamides is 1. The van der Waals surface area contributed by atoms with Crippen LogP contribution in [0, 0.1) is 11.7 Å². The highest BCUT2D eigenvalue weighted by molar-refractivity contribution is 7.89. The van der Waals surface area contributed by atoms with E-state index in [9.17, 15) is 17.6 Å². The predicted octanol–water partition coefficient (Wildman–Crippen LogP) is 4.33. The number of halogens is 1. The first-order chi connectivity index (χ1) is 15.8. The second-order valence-corrected chi connectivity index (χ2v) is 10.6. The number of amides is 1. The molecule has 1 aliphatic rings. The fourth-order valence-electron chi connectivity index (χ4n) is 3.84. The van der Waals surface area contributed by atoms with Gasteiger partial charge < -0.3 is 10.1 Å². The quantitative estimate of drug-likeness (QED) is 0.518. The predicted molar refractivity (Wildman–Crippen MR) is 126 cm³/mol. The maximum Gasteiger partial charge on any atom is 0.243 e. The van der Waals surface area contributed by atoms with Gasteiger partial charge in [0.25, 0.3) is 0 Å². The Labute approximate surface area is 196 Å². The molecule has 0 spiro atoms. The number of nitrogens with one attached hydrogen (secondary N) is 1. The number of benzene rings is 2. The number of ether oxygens (including phenoxy) is 1. The molecule has 1 heterocycles. The Balaban J connectivity index is 1.36. The van der Waals surface area contributed by atoms with E-state index in [-0.39, 0.29) is 17.6 Å². The second-order valence-electron chi connectivity index (χ2n) is 8.70. The van der Waals surface area contributed by atoms with Crippen molar-refractivity contribution in [2.45, 2.75) is 50.3 Å². The molecule has 1 saturated heterocycles. The number of hydrogen-bond acceptors (Lipinski definition) is 4. The van der Waals surface area contributed by atoms with Crippen molar-refractivity contribution in [2.24, 2.45) is 5.92 Å². The lowest BCUT2D eigenvalue weighted by Gasteiger charge is -2.30. The molecule has 8 heteroatoms. The molecule has 0 aromatic heterocycles. The Morgan fingerprint density at radius 1 is 1.06 bits per heavy atom. The van der Waals surface area contributed by atoms with Crippen molar-refractivity contribution in [1.29, 1.82) is 0 Å². The lowest BCUT2D eigenvalue weighted by Crippen LogP contribution is -2.43. The molecule has 0 radical (unpaired) electrons. The summed E-state index contributed by atoms with van der Waals surface area (Å²) in [6.07, 6.45) is 2.57. The zero-order valence-electron chi connectivity index (χ0n) is 19.3. The molecule has 1 amide bonds. The maximum atomic E-state index is 12.9. The molecular formula is C25H33FN2O4S. The Morgan fingerprint density at radius 3 is 2.30 bits per heavy atom. The van der Waals surface area contributed by atoms with E-state index in [1.807, 2.05) is 12.1 Å². The molecule has 0 aliphatic carbocycles. The summed E-state index contributed by atoms with van der Waals surface area (Å²) in [6, 6.07) is 13.0. The minimum absolute atomic E-state index is 0.0206. The van der Waals surface area contributed by atoms with Crippen molar-refractivity contribution in [3.63, 3.8) is 0 Å². The van der Waals surface area contributed by atoms with E-state index in [0.29, 0.717) is 55.6 Å². The summed E-state index contributed by atoms with van der Waals surface area (Å²) in [5.74, 6) is 0.480. The van der Waals surface area contributed by atoms with Gasteiger partial charge in [-0.1, -0.05) is 26.0 Å². The average Bonchev–Trinajstić information content (AvgIpc) is 2.82. The van der Waals surface area contributed by atoms with Gasteiger partial charge in [0.1, 0.15) is 11.6 Å². The van der Waals surface area contributed by atoms with E-state index in [0.717, 1.165) is 18.4 Å². The normalized spacial score (nSPS) is 15.5. The van der Waals surface area contributed by atoms with Crippen LogP contribution in [0.5, 0.6) is 5.75 Å².